The molecule has 0 aromatic carbocycles. The molecule has 0 radical (unpaired) electrons. The molecule has 3 N–H and O–H groups in total. The van der Waals surface area contributed by atoms with Crippen LogP contribution in [0.2, 0.25) is 0 Å². The maximum Gasteiger partial charge on any atom is 0.0920 e. The number of hydrogen-bond donors (Lipinski definition) is 2. The standard InChI is InChI=1S/C12H25N3/c1-9(7-11(13)14)15-6-5-10(8-15)12(2,3)4/h9-10H,5-8H2,1-4H3,(H3,13,14). The highest BCUT2D eigenvalue weighted by Gasteiger charge is 2.33. The summed E-state index contributed by atoms with van der Waals surface area (Å²) >= 11 is 0. The van der Waals surface area contributed by atoms with E-state index in [2.05, 4.69) is 32.6 Å². The van der Waals surface area contributed by atoms with Gasteiger partial charge in [0.25, 0.3) is 0 Å². The molecule has 1 fully saturated rings. The molecular weight excluding hydrogens is 186 g/mol. The summed E-state index contributed by atoms with van der Waals surface area (Å²) in [6, 6.07) is 0.426. The molecule has 0 aliphatic carbocycles. The molecule has 0 amide bonds. The topological polar surface area (TPSA) is 53.1 Å². The van der Waals surface area contributed by atoms with Crippen LogP contribution in [0.5, 0.6) is 0 Å². The van der Waals surface area contributed by atoms with Gasteiger partial charge in [-0.2, -0.15) is 0 Å². The summed E-state index contributed by atoms with van der Waals surface area (Å²) in [5.74, 6) is 1.09. The van der Waals surface area contributed by atoms with Crippen molar-refractivity contribution >= 4 is 5.84 Å². The minimum absolute atomic E-state index is 0.307. The molecule has 1 rings (SSSR count). The Hall–Kier alpha value is -0.570. The summed E-state index contributed by atoms with van der Waals surface area (Å²) in [6.45, 7) is 11.4. The Balaban J connectivity index is 2.45. The number of rotatable bonds is 3. The van der Waals surface area contributed by atoms with Crippen molar-refractivity contribution in [2.75, 3.05) is 13.1 Å². The summed E-state index contributed by atoms with van der Waals surface area (Å²) in [5.41, 5.74) is 5.85. The van der Waals surface area contributed by atoms with Gasteiger partial charge < -0.3 is 5.73 Å². The Morgan fingerprint density at radius 3 is 2.53 bits per heavy atom. The zero-order valence-electron chi connectivity index (χ0n) is 10.5. The van der Waals surface area contributed by atoms with Crippen molar-refractivity contribution in [1.82, 2.24) is 4.90 Å². The molecule has 1 heterocycles. The zero-order chi connectivity index (χ0) is 11.6. The molecule has 0 saturated carbocycles. The highest BCUT2D eigenvalue weighted by molar-refractivity contribution is 5.77. The molecule has 1 saturated heterocycles. The van der Waals surface area contributed by atoms with E-state index in [1.54, 1.807) is 0 Å². The summed E-state index contributed by atoms with van der Waals surface area (Å²) in [7, 11) is 0. The fraction of sp³-hybridized carbons (Fsp3) is 0.917. The number of nitrogens with two attached hydrogens (primary N) is 1. The molecular formula is C12H25N3. The van der Waals surface area contributed by atoms with Gasteiger partial charge in [-0.3, -0.25) is 10.3 Å². The number of amidine groups is 1. The Morgan fingerprint density at radius 2 is 2.13 bits per heavy atom. The van der Waals surface area contributed by atoms with Gasteiger partial charge in [0, 0.05) is 19.0 Å². The van der Waals surface area contributed by atoms with Gasteiger partial charge in [0.1, 0.15) is 0 Å². The van der Waals surface area contributed by atoms with Crippen molar-refractivity contribution in [2.24, 2.45) is 17.1 Å². The second-order valence-electron chi connectivity index (χ2n) is 5.92. The third-order valence-corrected chi connectivity index (χ3v) is 3.58. The van der Waals surface area contributed by atoms with E-state index in [0.717, 1.165) is 19.0 Å². The van der Waals surface area contributed by atoms with Crippen molar-refractivity contribution in [3.05, 3.63) is 0 Å². The average Bonchev–Trinajstić information content (AvgIpc) is 2.48. The molecule has 0 bridgehead atoms. The molecule has 2 unspecified atom stereocenters. The van der Waals surface area contributed by atoms with Gasteiger partial charge in [-0.1, -0.05) is 20.8 Å². The first-order valence-electron chi connectivity index (χ1n) is 5.87. The van der Waals surface area contributed by atoms with E-state index >= 15 is 0 Å². The minimum Gasteiger partial charge on any atom is -0.388 e. The van der Waals surface area contributed by atoms with Crippen LogP contribution < -0.4 is 5.73 Å². The fourth-order valence-electron chi connectivity index (χ4n) is 2.34. The van der Waals surface area contributed by atoms with Gasteiger partial charge in [-0.15, -0.1) is 0 Å². The van der Waals surface area contributed by atoms with Crippen LogP contribution in [-0.2, 0) is 0 Å². The Labute approximate surface area is 93.5 Å². The second-order valence-corrected chi connectivity index (χ2v) is 5.92. The van der Waals surface area contributed by atoms with Crippen LogP contribution >= 0.6 is 0 Å². The quantitative estimate of drug-likeness (QED) is 0.554. The summed E-state index contributed by atoms with van der Waals surface area (Å²) in [4.78, 5) is 2.47. The lowest BCUT2D eigenvalue weighted by molar-refractivity contribution is 0.204. The zero-order valence-corrected chi connectivity index (χ0v) is 10.5. The number of nitrogens with one attached hydrogen (secondary N) is 1. The normalized spacial score (nSPS) is 25.5. The van der Waals surface area contributed by atoms with Crippen LogP contribution in [0.25, 0.3) is 0 Å². The van der Waals surface area contributed by atoms with E-state index in [0.29, 0.717) is 23.7 Å². The van der Waals surface area contributed by atoms with Crippen LogP contribution in [0.3, 0.4) is 0 Å². The van der Waals surface area contributed by atoms with Gasteiger partial charge in [-0.25, -0.2) is 0 Å². The van der Waals surface area contributed by atoms with E-state index in [1.165, 1.54) is 6.42 Å². The van der Waals surface area contributed by atoms with Crippen molar-refractivity contribution in [3.8, 4) is 0 Å². The Kier molecular flexibility index (Phi) is 3.77. The molecule has 0 aromatic rings. The predicted octanol–water partition coefficient (Wildman–Crippen LogP) is 2.07. The van der Waals surface area contributed by atoms with Crippen LogP contribution in [0.15, 0.2) is 0 Å². The molecule has 0 spiro atoms. The van der Waals surface area contributed by atoms with E-state index in [9.17, 15) is 0 Å². The first-order valence-corrected chi connectivity index (χ1v) is 5.87. The van der Waals surface area contributed by atoms with E-state index in [-0.39, 0.29) is 0 Å². The monoisotopic (exact) mass is 211 g/mol. The van der Waals surface area contributed by atoms with Gasteiger partial charge >= 0.3 is 0 Å². The third kappa shape index (κ3) is 3.49. The van der Waals surface area contributed by atoms with E-state index in [1.807, 2.05) is 0 Å². The lowest BCUT2D eigenvalue weighted by atomic mass is 9.80. The SMILES string of the molecule is CC(CC(=N)N)N1CCC(C(C)(C)C)C1. The van der Waals surface area contributed by atoms with Crippen molar-refractivity contribution < 1.29 is 0 Å². The molecule has 88 valence electrons. The summed E-state index contributed by atoms with van der Waals surface area (Å²) < 4.78 is 0. The van der Waals surface area contributed by atoms with Crippen LogP contribution in [0.4, 0.5) is 0 Å². The molecule has 1 aliphatic rings. The van der Waals surface area contributed by atoms with Crippen molar-refractivity contribution in [3.63, 3.8) is 0 Å². The average molecular weight is 211 g/mol. The minimum atomic E-state index is 0.307. The Bertz CT molecular complexity index is 230. The maximum absolute atomic E-state index is 7.31. The van der Waals surface area contributed by atoms with Crippen LogP contribution in [0.1, 0.15) is 40.5 Å². The molecule has 3 heteroatoms. The largest absolute Gasteiger partial charge is 0.388 e. The number of nitrogens with zero attached hydrogens (tertiary/aromatic N) is 1. The summed E-state index contributed by atoms with van der Waals surface area (Å²) in [5, 5.41) is 7.31. The highest BCUT2D eigenvalue weighted by Crippen LogP contribution is 2.34. The first kappa shape index (κ1) is 12.5. The fourth-order valence-corrected chi connectivity index (χ4v) is 2.34. The lowest BCUT2D eigenvalue weighted by Crippen LogP contribution is -2.35. The summed E-state index contributed by atoms with van der Waals surface area (Å²) in [6.07, 6.45) is 1.99. The number of likely N-dealkylation sites (tertiary alicyclic amines) is 1. The van der Waals surface area contributed by atoms with Crippen LogP contribution in [0, 0.1) is 16.7 Å². The third-order valence-electron chi connectivity index (χ3n) is 3.58. The molecule has 0 aromatic heterocycles. The molecule has 15 heavy (non-hydrogen) atoms. The molecule has 1 aliphatic heterocycles. The first-order chi connectivity index (χ1) is 6.80. The second kappa shape index (κ2) is 4.52. The van der Waals surface area contributed by atoms with Crippen molar-refractivity contribution in [2.45, 2.75) is 46.6 Å². The smallest absolute Gasteiger partial charge is 0.0920 e. The van der Waals surface area contributed by atoms with Gasteiger partial charge in [0.2, 0.25) is 0 Å². The maximum atomic E-state index is 7.31. The predicted molar refractivity (Wildman–Crippen MR) is 65.1 cm³/mol. The molecule has 3 nitrogen and oxygen atoms in total. The van der Waals surface area contributed by atoms with E-state index < -0.39 is 0 Å². The van der Waals surface area contributed by atoms with Gasteiger partial charge in [-0.05, 0) is 31.2 Å². The van der Waals surface area contributed by atoms with E-state index in [4.69, 9.17) is 11.1 Å². The highest BCUT2D eigenvalue weighted by atomic mass is 15.2. The van der Waals surface area contributed by atoms with Crippen molar-refractivity contribution in [1.29, 1.82) is 5.41 Å². The van der Waals surface area contributed by atoms with Gasteiger partial charge in [0.05, 0.1) is 5.84 Å². The van der Waals surface area contributed by atoms with Gasteiger partial charge in [0.15, 0.2) is 0 Å². The lowest BCUT2D eigenvalue weighted by Gasteiger charge is -2.29. The Morgan fingerprint density at radius 1 is 1.53 bits per heavy atom. The number of hydrogen-bond acceptors (Lipinski definition) is 2. The molecule has 2 atom stereocenters. The van der Waals surface area contributed by atoms with Crippen LogP contribution in [-0.4, -0.2) is 29.9 Å².